The summed E-state index contributed by atoms with van der Waals surface area (Å²) in [5.41, 5.74) is 0.736. The minimum atomic E-state index is -0.344. The molecule has 1 atom stereocenters. The van der Waals surface area contributed by atoms with Crippen molar-refractivity contribution < 1.29 is 9.59 Å². The third kappa shape index (κ3) is 4.49. The number of benzene rings is 2. The van der Waals surface area contributed by atoms with Crippen molar-refractivity contribution in [1.29, 1.82) is 0 Å². The minimum absolute atomic E-state index is 0.0271. The van der Waals surface area contributed by atoms with Crippen molar-refractivity contribution >= 4 is 28.3 Å². The van der Waals surface area contributed by atoms with Gasteiger partial charge in [0.15, 0.2) is 5.69 Å². The van der Waals surface area contributed by atoms with Crippen molar-refractivity contribution in [2.75, 3.05) is 25.5 Å². The largest absolute Gasteiger partial charge is 0.354 e. The molecule has 3 aromatic rings. The van der Waals surface area contributed by atoms with Crippen LogP contribution in [0, 0.1) is 5.92 Å². The standard InChI is InChI=1S/C23H25N5O3/c1-24-22(30)20-18-11-5-6-12-19(18)23(31)28(26-20)15-27-13-7-8-16(14-27)21(29)25-17-9-3-2-4-10-17/h2-6,9-12,16H,7-8,13-15H2,1H3,(H,24,30)(H,25,29). The van der Waals surface area contributed by atoms with Crippen molar-refractivity contribution in [2.24, 2.45) is 5.92 Å². The fraction of sp³-hybridized carbons (Fsp3) is 0.304. The SMILES string of the molecule is CNC(=O)c1nn(CN2CCCC(C(=O)Nc3ccccc3)C2)c(=O)c2ccccc12. The van der Waals surface area contributed by atoms with Gasteiger partial charge in [-0.15, -0.1) is 0 Å². The molecule has 0 saturated carbocycles. The Balaban J connectivity index is 1.55. The molecule has 8 heteroatoms. The molecule has 1 aliphatic heterocycles. The Kier molecular flexibility index (Phi) is 6.08. The Morgan fingerprint density at radius 3 is 2.52 bits per heavy atom. The Bertz CT molecular complexity index is 1160. The van der Waals surface area contributed by atoms with Crippen LogP contribution in [0.2, 0.25) is 0 Å². The summed E-state index contributed by atoms with van der Waals surface area (Å²) in [6.07, 6.45) is 1.64. The number of anilines is 1. The van der Waals surface area contributed by atoms with Crippen LogP contribution in [0.1, 0.15) is 23.3 Å². The fourth-order valence-electron chi connectivity index (χ4n) is 3.97. The van der Waals surface area contributed by atoms with Gasteiger partial charge in [-0.05, 0) is 37.6 Å². The number of nitrogens with one attached hydrogen (secondary N) is 2. The topological polar surface area (TPSA) is 96.3 Å². The van der Waals surface area contributed by atoms with Gasteiger partial charge in [-0.1, -0.05) is 36.4 Å². The van der Waals surface area contributed by atoms with Crippen molar-refractivity contribution in [2.45, 2.75) is 19.5 Å². The van der Waals surface area contributed by atoms with E-state index >= 15 is 0 Å². The highest BCUT2D eigenvalue weighted by atomic mass is 16.2. The molecule has 4 rings (SSSR count). The first-order valence-corrected chi connectivity index (χ1v) is 10.4. The zero-order valence-corrected chi connectivity index (χ0v) is 17.4. The first-order chi connectivity index (χ1) is 15.1. The predicted molar refractivity (Wildman–Crippen MR) is 119 cm³/mol. The number of amides is 2. The van der Waals surface area contributed by atoms with E-state index in [0.717, 1.165) is 25.1 Å². The van der Waals surface area contributed by atoms with Gasteiger partial charge in [0.25, 0.3) is 11.5 Å². The molecule has 1 fully saturated rings. The third-order valence-corrected chi connectivity index (χ3v) is 5.56. The monoisotopic (exact) mass is 419 g/mol. The van der Waals surface area contributed by atoms with Crippen LogP contribution < -0.4 is 16.2 Å². The number of nitrogens with zero attached hydrogens (tertiary/aromatic N) is 3. The number of aromatic nitrogens is 2. The lowest BCUT2D eigenvalue weighted by Crippen LogP contribution is -2.44. The number of para-hydroxylation sites is 1. The molecule has 2 heterocycles. The molecule has 1 unspecified atom stereocenters. The molecule has 0 aliphatic carbocycles. The smallest absolute Gasteiger partial charge is 0.275 e. The molecule has 1 saturated heterocycles. The van der Waals surface area contributed by atoms with Gasteiger partial charge >= 0.3 is 0 Å². The maximum atomic E-state index is 13.0. The summed E-state index contributed by atoms with van der Waals surface area (Å²) in [7, 11) is 1.54. The molecular weight excluding hydrogens is 394 g/mol. The lowest BCUT2D eigenvalue weighted by atomic mass is 9.97. The summed E-state index contributed by atoms with van der Waals surface area (Å²) in [6, 6.07) is 16.4. The van der Waals surface area contributed by atoms with Crippen molar-refractivity contribution in [3.8, 4) is 0 Å². The van der Waals surface area contributed by atoms with Gasteiger partial charge in [0.2, 0.25) is 5.91 Å². The summed E-state index contributed by atoms with van der Waals surface area (Å²) in [5.74, 6) is -0.548. The van der Waals surface area contributed by atoms with Gasteiger partial charge in [-0.2, -0.15) is 5.10 Å². The van der Waals surface area contributed by atoms with E-state index in [-0.39, 0.29) is 35.7 Å². The highest BCUT2D eigenvalue weighted by Crippen LogP contribution is 2.20. The average molecular weight is 419 g/mol. The lowest BCUT2D eigenvalue weighted by molar-refractivity contribution is -0.121. The van der Waals surface area contributed by atoms with Gasteiger partial charge in [-0.3, -0.25) is 19.3 Å². The average Bonchev–Trinajstić information content (AvgIpc) is 2.81. The van der Waals surface area contributed by atoms with Crippen LogP contribution in [0.4, 0.5) is 5.69 Å². The summed E-state index contributed by atoms with van der Waals surface area (Å²) in [4.78, 5) is 40.1. The van der Waals surface area contributed by atoms with E-state index in [9.17, 15) is 14.4 Å². The molecule has 0 bridgehead atoms. The number of fused-ring (bicyclic) bond motifs is 1. The van der Waals surface area contributed by atoms with Gasteiger partial charge in [-0.25, -0.2) is 4.68 Å². The second kappa shape index (κ2) is 9.09. The van der Waals surface area contributed by atoms with Crippen LogP contribution in [-0.4, -0.2) is 46.6 Å². The van der Waals surface area contributed by atoms with Gasteiger partial charge in [0, 0.05) is 24.7 Å². The van der Waals surface area contributed by atoms with E-state index in [0.29, 0.717) is 17.3 Å². The molecule has 160 valence electrons. The molecular formula is C23H25N5O3. The van der Waals surface area contributed by atoms with Crippen molar-refractivity contribution in [1.82, 2.24) is 20.0 Å². The molecule has 1 aromatic heterocycles. The summed E-state index contributed by atoms with van der Waals surface area (Å²) >= 11 is 0. The molecule has 0 radical (unpaired) electrons. The van der Waals surface area contributed by atoms with E-state index in [4.69, 9.17) is 0 Å². The van der Waals surface area contributed by atoms with Gasteiger partial charge < -0.3 is 10.6 Å². The second-order valence-electron chi connectivity index (χ2n) is 7.69. The Labute approximate surface area is 179 Å². The highest BCUT2D eigenvalue weighted by Gasteiger charge is 2.27. The van der Waals surface area contributed by atoms with Crippen LogP contribution in [0.3, 0.4) is 0 Å². The molecule has 8 nitrogen and oxygen atoms in total. The Morgan fingerprint density at radius 2 is 1.77 bits per heavy atom. The first-order valence-electron chi connectivity index (χ1n) is 10.4. The van der Waals surface area contributed by atoms with Crippen LogP contribution in [-0.2, 0) is 11.5 Å². The van der Waals surface area contributed by atoms with Crippen LogP contribution in [0.25, 0.3) is 10.8 Å². The highest BCUT2D eigenvalue weighted by molar-refractivity contribution is 6.04. The number of piperidine rings is 1. The van der Waals surface area contributed by atoms with Crippen molar-refractivity contribution in [3.05, 3.63) is 70.6 Å². The Hall–Kier alpha value is -3.52. The number of carbonyl (C=O) groups is 2. The number of carbonyl (C=O) groups excluding carboxylic acids is 2. The zero-order valence-electron chi connectivity index (χ0n) is 17.4. The van der Waals surface area contributed by atoms with E-state index in [1.165, 1.54) is 11.7 Å². The molecule has 31 heavy (non-hydrogen) atoms. The predicted octanol–water partition coefficient (Wildman–Crippen LogP) is 2.06. The quantitative estimate of drug-likeness (QED) is 0.660. The second-order valence-corrected chi connectivity index (χ2v) is 7.69. The number of rotatable bonds is 5. The molecule has 2 aromatic carbocycles. The van der Waals surface area contributed by atoms with Gasteiger partial charge in [0.05, 0.1) is 18.0 Å². The zero-order chi connectivity index (χ0) is 21.8. The molecule has 2 amide bonds. The maximum Gasteiger partial charge on any atom is 0.275 e. The van der Waals surface area contributed by atoms with Crippen molar-refractivity contribution in [3.63, 3.8) is 0 Å². The Morgan fingerprint density at radius 1 is 1.06 bits per heavy atom. The minimum Gasteiger partial charge on any atom is -0.354 e. The first kappa shape index (κ1) is 20.7. The van der Waals surface area contributed by atoms with E-state index in [2.05, 4.69) is 15.7 Å². The van der Waals surface area contributed by atoms with Crippen LogP contribution >= 0.6 is 0 Å². The molecule has 1 aliphatic rings. The summed E-state index contributed by atoms with van der Waals surface area (Å²) < 4.78 is 1.32. The normalized spacial score (nSPS) is 16.7. The number of hydrogen-bond acceptors (Lipinski definition) is 5. The summed E-state index contributed by atoms with van der Waals surface area (Å²) in [5, 5.41) is 10.9. The maximum absolute atomic E-state index is 13.0. The number of hydrogen-bond donors (Lipinski definition) is 2. The fourth-order valence-corrected chi connectivity index (χ4v) is 3.97. The third-order valence-electron chi connectivity index (χ3n) is 5.56. The molecule has 2 N–H and O–H groups in total. The van der Waals surface area contributed by atoms with E-state index in [1.54, 1.807) is 24.3 Å². The van der Waals surface area contributed by atoms with Crippen LogP contribution in [0.5, 0.6) is 0 Å². The number of likely N-dealkylation sites (tertiary alicyclic amines) is 1. The lowest BCUT2D eigenvalue weighted by Gasteiger charge is -2.32. The molecule has 0 spiro atoms. The summed E-state index contributed by atoms with van der Waals surface area (Å²) in [6.45, 7) is 1.50. The van der Waals surface area contributed by atoms with Crippen LogP contribution in [0.15, 0.2) is 59.4 Å². The van der Waals surface area contributed by atoms with E-state index in [1.807, 2.05) is 35.2 Å². The van der Waals surface area contributed by atoms with E-state index < -0.39 is 0 Å². The van der Waals surface area contributed by atoms with Gasteiger partial charge in [0.1, 0.15) is 0 Å².